The number of benzene rings is 2. The number of phenols is 1. The predicted octanol–water partition coefficient (Wildman–Crippen LogP) is 5.60. The van der Waals surface area contributed by atoms with Crippen molar-refractivity contribution in [1.82, 2.24) is 9.13 Å². The molecule has 7 heteroatoms. The first-order valence-corrected chi connectivity index (χ1v) is 11.9. The van der Waals surface area contributed by atoms with Crippen molar-refractivity contribution < 1.29 is 9.90 Å². The van der Waals surface area contributed by atoms with E-state index in [2.05, 4.69) is 26.2 Å². The molecule has 1 heterocycles. The van der Waals surface area contributed by atoms with Crippen LogP contribution in [0.1, 0.15) is 74.3 Å². The van der Waals surface area contributed by atoms with Crippen molar-refractivity contribution in [3.63, 3.8) is 0 Å². The normalized spacial score (nSPS) is 12.6. The molecule has 34 heavy (non-hydrogen) atoms. The lowest BCUT2D eigenvalue weighted by Gasteiger charge is -2.28. The van der Waals surface area contributed by atoms with Gasteiger partial charge in [0.2, 0.25) is 5.62 Å². The van der Waals surface area contributed by atoms with Gasteiger partial charge in [-0.05, 0) is 28.5 Å². The van der Waals surface area contributed by atoms with E-state index in [-0.39, 0.29) is 28.9 Å². The number of hydrogen-bond acceptors (Lipinski definition) is 4. The topological polar surface area (TPSA) is 83.3 Å². The van der Waals surface area contributed by atoms with E-state index in [0.717, 1.165) is 16.7 Å². The fourth-order valence-electron chi connectivity index (χ4n) is 3.94. The van der Waals surface area contributed by atoms with Crippen LogP contribution in [-0.4, -0.2) is 20.0 Å². The van der Waals surface area contributed by atoms with Crippen molar-refractivity contribution in [1.29, 1.82) is 5.26 Å². The molecular formula is C27H31BrN4O2. The van der Waals surface area contributed by atoms with Gasteiger partial charge in [0.15, 0.2) is 5.78 Å². The zero-order chi connectivity index (χ0) is 25.3. The van der Waals surface area contributed by atoms with Crippen LogP contribution < -0.4 is 5.62 Å². The third kappa shape index (κ3) is 5.34. The maximum absolute atomic E-state index is 13.5. The lowest BCUT2D eigenvalue weighted by atomic mass is 9.78. The summed E-state index contributed by atoms with van der Waals surface area (Å²) >= 11 is 3.18. The van der Waals surface area contributed by atoms with Gasteiger partial charge >= 0.3 is 0 Å². The van der Waals surface area contributed by atoms with Gasteiger partial charge in [-0.2, -0.15) is 9.28 Å². The van der Waals surface area contributed by atoms with Gasteiger partial charge in [0, 0.05) is 22.9 Å². The minimum atomic E-state index is -0.336. The van der Waals surface area contributed by atoms with Crippen LogP contribution in [0.4, 0.5) is 0 Å². The standard InChI is InChI=1S/C27H31BrN4O2/c1-26(2,3)21-12-19(13-22(24(21)34)27(4,5)6)23(33)17-31-16-20(14-29)32(25(31)30-28)15-18-10-8-7-9-11-18/h7-13,16,34H,15,17H2,1-6H3. The SMILES string of the molecule is CC(C)(C)c1cc(C(=O)Cn2cc(C#N)n(Cc3ccccc3)c2=NBr)cc(C(C)(C)C)c1O. The van der Waals surface area contributed by atoms with Gasteiger partial charge in [0.25, 0.3) is 0 Å². The number of phenolic OH excluding ortho intramolecular Hbond substituents is 1. The molecule has 0 unspecified atom stereocenters. The molecule has 3 aromatic rings. The summed E-state index contributed by atoms with van der Waals surface area (Å²) in [5, 5.41) is 20.7. The quantitative estimate of drug-likeness (QED) is 0.442. The minimum absolute atomic E-state index is 0.0127. The van der Waals surface area contributed by atoms with Crippen LogP contribution in [0.5, 0.6) is 5.75 Å². The smallest absolute Gasteiger partial charge is 0.218 e. The first-order valence-electron chi connectivity index (χ1n) is 11.2. The summed E-state index contributed by atoms with van der Waals surface area (Å²) in [6.45, 7) is 12.6. The first kappa shape index (κ1) is 25.5. The Morgan fingerprint density at radius 2 is 1.62 bits per heavy atom. The van der Waals surface area contributed by atoms with E-state index in [1.807, 2.05) is 71.9 Å². The zero-order valence-electron chi connectivity index (χ0n) is 20.6. The fraction of sp³-hybridized carbons (Fsp3) is 0.370. The zero-order valence-corrected chi connectivity index (χ0v) is 22.1. The summed E-state index contributed by atoms with van der Waals surface area (Å²) in [4.78, 5) is 13.5. The molecule has 178 valence electrons. The third-order valence-electron chi connectivity index (χ3n) is 5.80. The van der Waals surface area contributed by atoms with Gasteiger partial charge in [-0.15, -0.1) is 0 Å². The Hall–Kier alpha value is -3.11. The number of halogens is 1. The van der Waals surface area contributed by atoms with E-state index < -0.39 is 0 Å². The van der Waals surface area contributed by atoms with Crippen molar-refractivity contribution in [2.75, 3.05) is 0 Å². The Balaban J connectivity index is 2.06. The highest BCUT2D eigenvalue weighted by molar-refractivity contribution is 9.08. The Kier molecular flexibility index (Phi) is 7.23. The van der Waals surface area contributed by atoms with Crippen LogP contribution in [-0.2, 0) is 23.9 Å². The number of Topliss-reactive ketones (excluding diaryl/α,β-unsaturated/α-hetero) is 1. The molecule has 0 aliphatic rings. The summed E-state index contributed by atoms with van der Waals surface area (Å²) in [7, 11) is 0. The predicted molar refractivity (Wildman–Crippen MR) is 137 cm³/mol. The van der Waals surface area contributed by atoms with Crippen LogP contribution >= 0.6 is 16.1 Å². The number of ketones is 1. The molecule has 0 amide bonds. The highest BCUT2D eigenvalue weighted by atomic mass is 79.9. The van der Waals surface area contributed by atoms with E-state index in [1.54, 1.807) is 27.5 Å². The van der Waals surface area contributed by atoms with E-state index in [0.29, 0.717) is 23.4 Å². The number of aromatic nitrogens is 2. The molecule has 2 aromatic carbocycles. The Morgan fingerprint density at radius 1 is 1.06 bits per heavy atom. The number of nitrogens with zero attached hydrogens (tertiary/aromatic N) is 4. The van der Waals surface area contributed by atoms with Crippen molar-refractivity contribution in [3.05, 3.63) is 82.2 Å². The van der Waals surface area contributed by atoms with Crippen molar-refractivity contribution >= 4 is 21.9 Å². The minimum Gasteiger partial charge on any atom is -0.507 e. The molecule has 0 saturated heterocycles. The monoisotopic (exact) mass is 522 g/mol. The first-order chi connectivity index (χ1) is 15.9. The molecular weight excluding hydrogens is 492 g/mol. The molecule has 0 spiro atoms. The second-order valence-electron chi connectivity index (χ2n) is 10.6. The van der Waals surface area contributed by atoms with E-state index in [4.69, 9.17) is 0 Å². The molecule has 1 aromatic heterocycles. The highest BCUT2D eigenvalue weighted by Crippen LogP contribution is 2.39. The summed E-state index contributed by atoms with van der Waals surface area (Å²) in [5.41, 5.74) is 3.22. The molecule has 1 N–H and O–H groups in total. The van der Waals surface area contributed by atoms with Crippen molar-refractivity contribution in [3.8, 4) is 11.8 Å². The third-order valence-corrected chi connectivity index (χ3v) is 6.12. The van der Waals surface area contributed by atoms with Crippen molar-refractivity contribution in [2.24, 2.45) is 4.02 Å². The molecule has 0 saturated carbocycles. The molecule has 0 atom stereocenters. The van der Waals surface area contributed by atoms with Gasteiger partial charge < -0.3 is 9.67 Å². The van der Waals surface area contributed by atoms with Gasteiger partial charge in [0.05, 0.1) is 29.2 Å². The Labute approximate surface area is 209 Å². The summed E-state index contributed by atoms with van der Waals surface area (Å²) in [5.74, 6) is 0.112. The van der Waals surface area contributed by atoms with Crippen LogP contribution in [0.3, 0.4) is 0 Å². The maximum Gasteiger partial charge on any atom is 0.218 e. The largest absolute Gasteiger partial charge is 0.507 e. The highest BCUT2D eigenvalue weighted by Gasteiger charge is 2.28. The van der Waals surface area contributed by atoms with E-state index in [9.17, 15) is 15.2 Å². The Bertz CT molecular complexity index is 1280. The number of nitriles is 1. The number of rotatable bonds is 5. The second-order valence-corrected chi connectivity index (χ2v) is 10.9. The van der Waals surface area contributed by atoms with E-state index >= 15 is 0 Å². The number of aromatic hydroxyl groups is 1. The molecule has 0 bridgehead atoms. The number of imidazole rings is 1. The van der Waals surface area contributed by atoms with Gasteiger partial charge in [-0.1, -0.05) is 71.9 Å². The summed E-state index contributed by atoms with van der Waals surface area (Å²) in [6, 6.07) is 15.6. The summed E-state index contributed by atoms with van der Waals surface area (Å²) < 4.78 is 7.66. The van der Waals surface area contributed by atoms with Crippen molar-refractivity contribution in [2.45, 2.75) is 65.5 Å². The van der Waals surface area contributed by atoms with Gasteiger partial charge in [0.1, 0.15) is 17.5 Å². The van der Waals surface area contributed by atoms with Gasteiger partial charge in [-0.3, -0.25) is 9.36 Å². The van der Waals surface area contributed by atoms with Crippen LogP contribution in [0.15, 0.2) is 52.7 Å². The molecule has 0 fully saturated rings. The van der Waals surface area contributed by atoms with Crippen LogP contribution in [0.25, 0.3) is 0 Å². The van der Waals surface area contributed by atoms with Gasteiger partial charge in [-0.25, -0.2) is 0 Å². The average molecular weight is 523 g/mol. The number of hydrogen-bond donors (Lipinski definition) is 1. The van der Waals surface area contributed by atoms with Crippen LogP contribution in [0, 0.1) is 11.3 Å². The maximum atomic E-state index is 13.5. The summed E-state index contributed by atoms with van der Waals surface area (Å²) in [6.07, 6.45) is 1.65. The number of carbonyl (C=O) groups excluding carboxylic acids is 1. The second kappa shape index (κ2) is 9.63. The average Bonchev–Trinajstić information content (AvgIpc) is 3.08. The lowest BCUT2D eigenvalue weighted by Crippen LogP contribution is -2.29. The lowest BCUT2D eigenvalue weighted by molar-refractivity contribution is 0.0970. The fourth-order valence-corrected chi connectivity index (χ4v) is 4.34. The number of carbonyl (C=O) groups is 1. The van der Waals surface area contributed by atoms with E-state index in [1.165, 1.54) is 0 Å². The molecule has 0 aliphatic carbocycles. The van der Waals surface area contributed by atoms with Crippen LogP contribution in [0.2, 0.25) is 0 Å². The molecule has 3 rings (SSSR count). The molecule has 0 aliphatic heterocycles. The molecule has 0 radical (unpaired) electrons. The Morgan fingerprint density at radius 3 is 2.09 bits per heavy atom. The molecule has 6 nitrogen and oxygen atoms in total.